The van der Waals surface area contributed by atoms with Gasteiger partial charge in [0.05, 0.1) is 28.2 Å². The van der Waals surface area contributed by atoms with Crippen molar-refractivity contribution in [2.45, 2.75) is 46.1 Å². The van der Waals surface area contributed by atoms with E-state index >= 15 is 0 Å². The highest BCUT2D eigenvalue weighted by atomic mass is 127. The number of fused-ring (bicyclic) bond motifs is 2. The molecule has 184 valence electrons. The third-order valence-electron chi connectivity index (χ3n) is 5.69. The lowest BCUT2D eigenvalue weighted by Crippen LogP contribution is -2.27. The molecular weight excluding hydrogens is 704 g/mol. The first-order valence-corrected chi connectivity index (χ1v) is 17.6. The van der Waals surface area contributed by atoms with Crippen LogP contribution in [0.4, 0.5) is 0 Å². The molecule has 0 spiro atoms. The molecule has 0 saturated carbocycles. The summed E-state index contributed by atoms with van der Waals surface area (Å²) in [7, 11) is 3.17. The van der Waals surface area contributed by atoms with Crippen LogP contribution in [0.1, 0.15) is 61.7 Å². The Bertz CT molecular complexity index is 1400. The lowest BCUT2D eigenvalue weighted by Gasteiger charge is -2.28. The largest absolute Gasteiger partial charge is 0.377 e. The molecule has 35 heavy (non-hydrogen) atoms. The number of hydrogen-bond donors (Lipinski definition) is 3. The minimum atomic E-state index is -1.32. The summed E-state index contributed by atoms with van der Waals surface area (Å²) in [6, 6.07) is 11.7. The van der Waals surface area contributed by atoms with Gasteiger partial charge in [0, 0.05) is 84.0 Å². The first-order chi connectivity index (χ1) is 16.7. The number of aliphatic hydroxyl groups is 1. The summed E-state index contributed by atoms with van der Waals surface area (Å²) < 4.78 is 5.04. The van der Waals surface area contributed by atoms with Crippen molar-refractivity contribution in [2.24, 2.45) is 0 Å². The molecule has 0 bridgehead atoms. The zero-order chi connectivity index (χ0) is 25.8. The fourth-order valence-corrected chi connectivity index (χ4v) is 6.14. The SMILES string of the molecule is C/C=C\NSI.Cc1cc(C(C)C)c(C(C)(O)c2nc3ccc(C#N)cc3[nH]2)c2ccn(SI)c12. The number of allylic oxidation sites excluding steroid dienone is 1. The molecule has 0 saturated heterocycles. The van der Waals surface area contributed by atoms with E-state index in [1.165, 1.54) is 5.56 Å². The van der Waals surface area contributed by atoms with Crippen LogP contribution in [-0.2, 0) is 5.60 Å². The second-order valence-electron chi connectivity index (χ2n) is 8.48. The van der Waals surface area contributed by atoms with Gasteiger partial charge < -0.3 is 14.8 Å². The van der Waals surface area contributed by atoms with Gasteiger partial charge in [0.2, 0.25) is 0 Å². The van der Waals surface area contributed by atoms with Crippen LogP contribution in [0.3, 0.4) is 0 Å². The van der Waals surface area contributed by atoms with Crippen LogP contribution in [-0.4, -0.2) is 19.0 Å². The number of imidazole rings is 1. The van der Waals surface area contributed by atoms with E-state index in [1.54, 1.807) is 43.4 Å². The van der Waals surface area contributed by atoms with E-state index in [4.69, 9.17) is 0 Å². The molecule has 1 unspecified atom stereocenters. The Kier molecular flexibility index (Phi) is 9.84. The smallest absolute Gasteiger partial charge is 0.145 e. The van der Waals surface area contributed by atoms with Crippen LogP contribution in [0, 0.1) is 18.3 Å². The number of aromatic nitrogens is 3. The fourth-order valence-electron chi connectivity index (χ4n) is 4.11. The highest BCUT2D eigenvalue weighted by Gasteiger charge is 2.35. The third-order valence-corrected chi connectivity index (χ3v) is 8.40. The maximum Gasteiger partial charge on any atom is 0.145 e. The van der Waals surface area contributed by atoms with Gasteiger partial charge in [0.25, 0.3) is 0 Å². The van der Waals surface area contributed by atoms with Gasteiger partial charge in [0.1, 0.15) is 11.4 Å². The zero-order valence-corrected chi connectivity index (χ0v) is 26.0. The standard InChI is InChI=1S/C22H21IN4OS.C3H6INS/c1-12(2)16-9-13(3)20-15(7-8-27(20)29-23)19(16)22(4,28)21-25-17-6-5-14(11-24)10-18(17)26-21;1-2-3-5-6-4/h5-10,12,28H,1-4H3,(H,25,26);2-3,5H,1H3/b;3-2-. The van der Waals surface area contributed by atoms with E-state index in [9.17, 15) is 10.4 Å². The summed E-state index contributed by atoms with van der Waals surface area (Å²) >= 11 is 4.43. The van der Waals surface area contributed by atoms with E-state index < -0.39 is 5.60 Å². The van der Waals surface area contributed by atoms with E-state index in [2.05, 4.69) is 100 Å². The van der Waals surface area contributed by atoms with Crippen molar-refractivity contribution in [3.8, 4) is 6.07 Å². The molecule has 0 aliphatic heterocycles. The van der Waals surface area contributed by atoms with Gasteiger partial charge in [-0.05, 0) is 62.1 Å². The number of nitrogens with zero attached hydrogens (tertiary/aromatic N) is 3. The molecule has 0 aliphatic rings. The van der Waals surface area contributed by atoms with Crippen molar-refractivity contribution in [1.29, 1.82) is 5.26 Å². The molecule has 1 atom stereocenters. The fraction of sp³-hybridized carbons (Fsp3) is 0.280. The molecule has 0 radical (unpaired) electrons. The third kappa shape index (κ3) is 5.95. The molecule has 6 nitrogen and oxygen atoms in total. The molecular formula is C25H27I2N5OS2. The quantitative estimate of drug-likeness (QED) is 0.138. The van der Waals surface area contributed by atoms with E-state index in [1.807, 2.05) is 25.4 Å². The number of hydrogen-bond acceptors (Lipinski definition) is 6. The van der Waals surface area contributed by atoms with Gasteiger partial charge in [0.15, 0.2) is 0 Å². The minimum absolute atomic E-state index is 0.241. The van der Waals surface area contributed by atoms with E-state index in [0.717, 1.165) is 33.1 Å². The maximum absolute atomic E-state index is 11.8. The lowest BCUT2D eigenvalue weighted by atomic mass is 9.82. The molecule has 0 aliphatic carbocycles. The van der Waals surface area contributed by atoms with Crippen LogP contribution in [0.5, 0.6) is 0 Å². The summed E-state index contributed by atoms with van der Waals surface area (Å²) in [6.45, 7) is 10.2. The normalized spacial score (nSPS) is 13.1. The average Bonchev–Trinajstić information content (AvgIpc) is 3.47. The van der Waals surface area contributed by atoms with E-state index in [-0.39, 0.29) is 5.92 Å². The predicted octanol–water partition coefficient (Wildman–Crippen LogP) is 8.03. The van der Waals surface area contributed by atoms with Crippen LogP contribution >= 0.6 is 60.6 Å². The monoisotopic (exact) mass is 731 g/mol. The van der Waals surface area contributed by atoms with Gasteiger partial charge in [-0.15, -0.1) is 0 Å². The number of rotatable bonds is 6. The summed E-state index contributed by atoms with van der Waals surface area (Å²) in [5.74, 6) is 0.717. The van der Waals surface area contributed by atoms with Crippen molar-refractivity contribution in [3.05, 3.63) is 76.9 Å². The van der Waals surface area contributed by atoms with Crippen molar-refractivity contribution >= 4 is 82.6 Å². The Hall–Kier alpha value is -1.40. The average molecular weight is 731 g/mol. The van der Waals surface area contributed by atoms with Gasteiger partial charge in [-0.1, -0.05) is 26.0 Å². The Balaban J connectivity index is 0.000000509. The first-order valence-electron chi connectivity index (χ1n) is 10.9. The molecule has 4 rings (SSSR count). The predicted molar refractivity (Wildman–Crippen MR) is 167 cm³/mol. The molecule has 2 heterocycles. The molecule has 0 fully saturated rings. The number of H-pyrrole nitrogens is 1. The van der Waals surface area contributed by atoms with Gasteiger partial charge >= 0.3 is 0 Å². The van der Waals surface area contributed by atoms with Crippen molar-refractivity contribution in [2.75, 3.05) is 0 Å². The van der Waals surface area contributed by atoms with Crippen LogP contribution < -0.4 is 4.72 Å². The van der Waals surface area contributed by atoms with Gasteiger partial charge in [-0.2, -0.15) is 5.26 Å². The lowest BCUT2D eigenvalue weighted by molar-refractivity contribution is 0.0938. The van der Waals surface area contributed by atoms with Crippen molar-refractivity contribution in [1.82, 2.24) is 18.7 Å². The first kappa shape index (κ1) is 28.2. The number of aromatic amines is 1. The minimum Gasteiger partial charge on any atom is -0.377 e. The maximum atomic E-state index is 11.8. The summed E-state index contributed by atoms with van der Waals surface area (Å²) in [6.07, 6.45) is 5.87. The zero-order valence-electron chi connectivity index (χ0n) is 20.1. The highest BCUT2D eigenvalue weighted by Crippen LogP contribution is 2.42. The summed E-state index contributed by atoms with van der Waals surface area (Å²) in [5.41, 5.74) is 4.98. The highest BCUT2D eigenvalue weighted by molar-refractivity contribution is 14.2. The molecule has 10 heteroatoms. The van der Waals surface area contributed by atoms with Gasteiger partial charge in [-0.25, -0.2) is 4.98 Å². The van der Waals surface area contributed by atoms with E-state index in [0.29, 0.717) is 11.4 Å². The number of benzene rings is 2. The van der Waals surface area contributed by atoms with Gasteiger partial charge in [-0.3, -0.25) is 3.97 Å². The summed E-state index contributed by atoms with van der Waals surface area (Å²) in [4.78, 5) is 7.91. The number of nitrogens with one attached hydrogen (secondary N) is 2. The number of aryl methyl sites for hydroxylation is 1. The molecule has 2 aromatic carbocycles. The van der Waals surface area contributed by atoms with Crippen LogP contribution in [0.2, 0.25) is 0 Å². The number of nitriles is 1. The topological polar surface area (TPSA) is 89.7 Å². The molecule has 2 aromatic heterocycles. The Morgan fingerprint density at radius 1 is 1.29 bits per heavy atom. The molecule has 4 aromatic rings. The van der Waals surface area contributed by atoms with Crippen molar-refractivity contribution in [3.63, 3.8) is 0 Å². The Morgan fingerprint density at radius 2 is 2.03 bits per heavy atom. The Labute approximate surface area is 238 Å². The van der Waals surface area contributed by atoms with Crippen LogP contribution in [0.15, 0.2) is 48.8 Å². The van der Waals surface area contributed by atoms with Crippen LogP contribution in [0.25, 0.3) is 21.9 Å². The second kappa shape index (κ2) is 12.2. The Morgan fingerprint density at radius 3 is 2.60 bits per heavy atom. The molecule has 3 N–H and O–H groups in total. The number of halogens is 2. The second-order valence-corrected chi connectivity index (χ2v) is 11.9. The molecule has 0 amide bonds. The summed E-state index contributed by atoms with van der Waals surface area (Å²) in [5, 5.41) is 22.0. The van der Waals surface area contributed by atoms with Crippen molar-refractivity contribution < 1.29 is 5.11 Å².